The van der Waals surface area contributed by atoms with Gasteiger partial charge < -0.3 is 9.47 Å². The predicted molar refractivity (Wildman–Crippen MR) is 87.1 cm³/mol. The summed E-state index contributed by atoms with van der Waals surface area (Å²) in [6, 6.07) is 9.61. The van der Waals surface area contributed by atoms with Gasteiger partial charge >= 0.3 is 11.9 Å². The van der Waals surface area contributed by atoms with Crippen LogP contribution in [0.2, 0.25) is 0 Å². The molecule has 2 unspecified atom stereocenters. The highest BCUT2D eigenvalue weighted by Gasteiger charge is 2.35. The van der Waals surface area contributed by atoms with Gasteiger partial charge in [-0.25, -0.2) is 4.79 Å². The second-order valence-electron chi connectivity index (χ2n) is 5.52. The van der Waals surface area contributed by atoms with E-state index in [9.17, 15) is 9.59 Å². The quantitative estimate of drug-likeness (QED) is 0.805. The minimum absolute atomic E-state index is 0.269. The maximum Gasteiger partial charge on any atom is 0.336 e. The lowest BCUT2D eigenvalue weighted by molar-refractivity contribution is -0.143. The summed E-state index contributed by atoms with van der Waals surface area (Å²) in [6.07, 6.45) is 0.424. The van der Waals surface area contributed by atoms with E-state index in [4.69, 9.17) is 9.47 Å². The molecule has 0 amide bonds. The zero-order valence-electron chi connectivity index (χ0n) is 13.8. The van der Waals surface area contributed by atoms with E-state index in [0.29, 0.717) is 23.4 Å². The maximum atomic E-state index is 12.3. The summed E-state index contributed by atoms with van der Waals surface area (Å²) in [4.78, 5) is 28.9. The molecule has 0 fully saturated rings. The summed E-state index contributed by atoms with van der Waals surface area (Å²) < 4.78 is 9.85. The van der Waals surface area contributed by atoms with E-state index >= 15 is 0 Å². The fraction of sp³-hybridized carbons (Fsp3) is 0.389. The van der Waals surface area contributed by atoms with Gasteiger partial charge in [0.1, 0.15) is 0 Å². The Hall–Kier alpha value is -2.43. The lowest BCUT2D eigenvalue weighted by Crippen LogP contribution is -2.26. The largest absolute Gasteiger partial charge is 0.469 e. The monoisotopic (exact) mass is 315 g/mol. The number of methoxy groups -OCH3 is 2. The molecule has 0 saturated carbocycles. The Morgan fingerprint density at radius 3 is 2.30 bits per heavy atom. The van der Waals surface area contributed by atoms with Crippen molar-refractivity contribution < 1.29 is 19.1 Å². The summed E-state index contributed by atoms with van der Waals surface area (Å²) in [6.45, 7) is 3.55. The van der Waals surface area contributed by atoms with E-state index in [1.165, 1.54) is 14.2 Å². The first-order chi connectivity index (χ1) is 11.0. The van der Waals surface area contributed by atoms with E-state index in [1.807, 2.05) is 30.3 Å². The molecule has 1 aliphatic heterocycles. The molecule has 1 aromatic rings. The summed E-state index contributed by atoms with van der Waals surface area (Å²) in [7, 11) is 2.71. The van der Waals surface area contributed by atoms with Crippen LogP contribution in [0.1, 0.15) is 31.7 Å². The van der Waals surface area contributed by atoms with Crippen LogP contribution in [0.4, 0.5) is 0 Å². The number of carbonyl (C=O) groups excluding carboxylic acids is 2. The number of hydrogen-bond donors (Lipinski definition) is 0. The average molecular weight is 315 g/mol. The van der Waals surface area contributed by atoms with Gasteiger partial charge in [-0.1, -0.05) is 30.3 Å². The van der Waals surface area contributed by atoms with Crippen LogP contribution >= 0.6 is 0 Å². The van der Waals surface area contributed by atoms with Crippen LogP contribution < -0.4 is 0 Å². The highest BCUT2D eigenvalue weighted by molar-refractivity contribution is 6.03. The van der Waals surface area contributed by atoms with Gasteiger partial charge in [0.05, 0.1) is 25.7 Å². The van der Waals surface area contributed by atoms with E-state index < -0.39 is 11.9 Å². The number of esters is 2. The highest BCUT2D eigenvalue weighted by Crippen LogP contribution is 2.37. The number of ether oxygens (including phenoxy) is 2. The van der Waals surface area contributed by atoms with E-state index in [0.717, 1.165) is 5.56 Å². The molecule has 0 bridgehead atoms. The number of rotatable bonds is 3. The van der Waals surface area contributed by atoms with Crippen LogP contribution in [0.15, 0.2) is 46.6 Å². The summed E-state index contributed by atoms with van der Waals surface area (Å²) in [5, 5.41) is 0. The molecule has 0 spiro atoms. The third kappa shape index (κ3) is 3.50. The Morgan fingerprint density at radius 1 is 1.09 bits per heavy atom. The Labute approximate surface area is 136 Å². The van der Waals surface area contributed by atoms with Crippen molar-refractivity contribution >= 4 is 17.7 Å². The lowest BCUT2D eigenvalue weighted by Gasteiger charge is -2.21. The fourth-order valence-corrected chi connectivity index (χ4v) is 2.98. The molecule has 5 nitrogen and oxygen atoms in total. The third-order valence-electron chi connectivity index (χ3n) is 4.15. The van der Waals surface area contributed by atoms with Crippen LogP contribution in [0, 0.1) is 5.92 Å². The predicted octanol–water partition coefficient (Wildman–Crippen LogP) is 2.87. The van der Waals surface area contributed by atoms with Crippen LogP contribution in [-0.2, 0) is 19.1 Å². The molecule has 0 aliphatic carbocycles. The molecule has 0 N–H and O–H groups in total. The van der Waals surface area contributed by atoms with Crippen molar-refractivity contribution in [2.45, 2.75) is 26.2 Å². The van der Waals surface area contributed by atoms with Crippen LogP contribution in [-0.4, -0.2) is 31.9 Å². The van der Waals surface area contributed by atoms with Gasteiger partial charge in [-0.05, 0) is 25.8 Å². The SMILES string of the molecule is COC(=O)C1=C(C)N=C(C)C(C(=O)OC)CC1c1ccccc1. The van der Waals surface area contributed by atoms with Crippen LogP contribution in [0.3, 0.4) is 0 Å². The zero-order chi connectivity index (χ0) is 17.0. The van der Waals surface area contributed by atoms with Gasteiger partial charge in [-0.2, -0.15) is 0 Å². The molecule has 0 radical (unpaired) electrons. The van der Waals surface area contributed by atoms with Crippen LogP contribution in [0.5, 0.6) is 0 Å². The second kappa shape index (κ2) is 7.22. The Balaban J connectivity index is 2.56. The maximum absolute atomic E-state index is 12.3. The molecule has 5 heteroatoms. The summed E-state index contributed by atoms with van der Waals surface area (Å²) in [5.74, 6) is -1.51. The minimum Gasteiger partial charge on any atom is -0.469 e. The van der Waals surface area contributed by atoms with Crippen LogP contribution in [0.25, 0.3) is 0 Å². The molecule has 122 valence electrons. The van der Waals surface area contributed by atoms with Crippen molar-refractivity contribution in [3.63, 3.8) is 0 Å². The van der Waals surface area contributed by atoms with E-state index in [1.54, 1.807) is 13.8 Å². The Morgan fingerprint density at radius 2 is 1.74 bits per heavy atom. The first kappa shape index (κ1) is 16.9. The number of hydrogen-bond acceptors (Lipinski definition) is 5. The van der Waals surface area contributed by atoms with E-state index in [-0.39, 0.29) is 11.9 Å². The molecule has 23 heavy (non-hydrogen) atoms. The lowest BCUT2D eigenvalue weighted by atomic mass is 9.82. The van der Waals surface area contributed by atoms with Gasteiger partial charge in [-0.3, -0.25) is 9.79 Å². The molecule has 0 aromatic heterocycles. The molecular weight excluding hydrogens is 294 g/mol. The second-order valence-corrected chi connectivity index (χ2v) is 5.52. The van der Waals surface area contributed by atoms with Gasteiger partial charge in [0.15, 0.2) is 0 Å². The topological polar surface area (TPSA) is 65.0 Å². The first-order valence-electron chi connectivity index (χ1n) is 7.46. The van der Waals surface area contributed by atoms with Crippen molar-refractivity contribution in [3.05, 3.63) is 47.2 Å². The summed E-state index contributed by atoms with van der Waals surface area (Å²) >= 11 is 0. The van der Waals surface area contributed by atoms with Crippen molar-refractivity contribution in [1.29, 1.82) is 0 Å². The average Bonchev–Trinajstić information content (AvgIpc) is 2.70. The minimum atomic E-state index is -0.484. The summed E-state index contributed by atoms with van der Waals surface area (Å²) in [5.41, 5.74) is 2.67. The van der Waals surface area contributed by atoms with Gasteiger partial charge in [-0.15, -0.1) is 0 Å². The van der Waals surface area contributed by atoms with Gasteiger partial charge in [0.25, 0.3) is 0 Å². The molecule has 2 rings (SSSR count). The van der Waals surface area contributed by atoms with Crippen molar-refractivity contribution in [3.8, 4) is 0 Å². The standard InChI is InChI=1S/C18H21NO4/c1-11-14(17(20)22-3)10-15(13-8-6-5-7-9-13)16(12(2)19-11)18(21)23-4/h5-9,14-15H,10H2,1-4H3. The van der Waals surface area contributed by atoms with Crippen molar-refractivity contribution in [2.24, 2.45) is 10.9 Å². The molecule has 2 atom stereocenters. The molecule has 0 saturated heterocycles. The van der Waals surface area contributed by atoms with Crippen molar-refractivity contribution in [2.75, 3.05) is 14.2 Å². The number of allylic oxidation sites excluding steroid dienone is 1. The third-order valence-corrected chi connectivity index (χ3v) is 4.15. The molecule has 1 aromatic carbocycles. The molecular formula is C18H21NO4. The number of nitrogens with zero attached hydrogens (tertiary/aromatic N) is 1. The zero-order valence-corrected chi connectivity index (χ0v) is 13.8. The highest BCUT2D eigenvalue weighted by atomic mass is 16.5. The first-order valence-corrected chi connectivity index (χ1v) is 7.46. The Bertz CT molecular complexity index is 661. The normalized spacial score (nSPS) is 21.3. The van der Waals surface area contributed by atoms with Gasteiger partial charge in [0, 0.05) is 17.3 Å². The Kier molecular flexibility index (Phi) is 5.32. The number of carbonyl (C=O) groups is 2. The van der Waals surface area contributed by atoms with Crippen molar-refractivity contribution in [1.82, 2.24) is 0 Å². The van der Waals surface area contributed by atoms with E-state index in [2.05, 4.69) is 4.99 Å². The van der Waals surface area contributed by atoms with Gasteiger partial charge in [0.2, 0.25) is 0 Å². The molecule has 1 aliphatic rings. The number of aliphatic imine (C=N–C) groups is 1. The fourth-order valence-electron chi connectivity index (χ4n) is 2.98. The molecule has 1 heterocycles. The number of benzene rings is 1. The smallest absolute Gasteiger partial charge is 0.336 e.